The lowest BCUT2D eigenvalue weighted by molar-refractivity contribution is 0.350. The monoisotopic (exact) mass is 273 g/mol. The Kier molecular flexibility index (Phi) is 3.93. The molecule has 16 heavy (non-hydrogen) atoms. The first-order valence-corrected chi connectivity index (χ1v) is 7.56. The molecule has 0 amide bonds. The van der Waals surface area contributed by atoms with Crippen LogP contribution in [0.4, 0.5) is 0 Å². The maximum absolute atomic E-state index is 11.5. The van der Waals surface area contributed by atoms with Crippen LogP contribution in [0.15, 0.2) is 23.6 Å². The first-order valence-electron chi connectivity index (χ1n) is 4.94. The number of halogens is 1. The lowest BCUT2D eigenvalue weighted by Gasteiger charge is -1.93. The van der Waals surface area contributed by atoms with Crippen molar-refractivity contribution in [2.45, 2.75) is 13.1 Å². The number of fused-ring (bicyclic) bond motifs is 1. The van der Waals surface area contributed by atoms with E-state index in [4.69, 9.17) is 16.1 Å². The van der Waals surface area contributed by atoms with Crippen molar-refractivity contribution in [2.75, 3.05) is 6.61 Å². The molecule has 2 aromatic rings. The molecule has 0 fully saturated rings. The van der Waals surface area contributed by atoms with Crippen molar-refractivity contribution >= 4 is 41.1 Å². The average Bonchev–Trinajstić information content (AvgIpc) is 2.61. The molecule has 0 aliphatic rings. The van der Waals surface area contributed by atoms with Crippen LogP contribution in [0.1, 0.15) is 12.5 Å². The lowest BCUT2D eigenvalue weighted by Crippen LogP contribution is -1.82. The van der Waals surface area contributed by atoms with Gasteiger partial charge in [0.25, 0.3) is 0 Å². The smallest absolute Gasteiger partial charge is 0.146 e. The van der Waals surface area contributed by atoms with E-state index in [0.29, 0.717) is 17.8 Å². The standard InChI is InChI=1S/C11H11ClO2PS/c1-2-14-15(13)6-8-7-16-11-4-3-9(12)5-10(8)11/h3-5,7H,2,6H2,1H3/q+1. The van der Waals surface area contributed by atoms with Gasteiger partial charge in [-0.25, -0.2) is 0 Å². The van der Waals surface area contributed by atoms with Crippen LogP contribution in [0.2, 0.25) is 5.02 Å². The molecule has 0 bridgehead atoms. The Morgan fingerprint density at radius 2 is 2.31 bits per heavy atom. The molecule has 0 saturated heterocycles. The largest absolute Gasteiger partial charge is 0.512 e. The van der Waals surface area contributed by atoms with Crippen LogP contribution in [-0.2, 0) is 15.3 Å². The summed E-state index contributed by atoms with van der Waals surface area (Å²) in [5, 5.41) is 3.81. The second-order valence-corrected chi connectivity index (χ2v) is 5.90. The van der Waals surface area contributed by atoms with E-state index in [1.165, 1.54) is 4.70 Å². The number of hydrogen-bond donors (Lipinski definition) is 0. The molecule has 0 spiro atoms. The molecule has 0 radical (unpaired) electrons. The van der Waals surface area contributed by atoms with Gasteiger partial charge in [-0.15, -0.1) is 15.9 Å². The van der Waals surface area contributed by atoms with Crippen molar-refractivity contribution in [3.05, 3.63) is 34.2 Å². The summed E-state index contributed by atoms with van der Waals surface area (Å²) >= 11 is 7.59. The maximum Gasteiger partial charge on any atom is 0.512 e. The van der Waals surface area contributed by atoms with Crippen molar-refractivity contribution in [1.29, 1.82) is 0 Å². The molecule has 1 unspecified atom stereocenters. The van der Waals surface area contributed by atoms with Gasteiger partial charge in [0.05, 0.1) is 6.61 Å². The van der Waals surface area contributed by atoms with Crippen molar-refractivity contribution < 1.29 is 9.09 Å². The molecule has 0 aliphatic carbocycles. The highest BCUT2D eigenvalue weighted by molar-refractivity contribution is 7.38. The van der Waals surface area contributed by atoms with Crippen molar-refractivity contribution in [2.24, 2.45) is 0 Å². The molecule has 0 aliphatic heterocycles. The van der Waals surface area contributed by atoms with Crippen molar-refractivity contribution in [3.63, 3.8) is 0 Å². The zero-order valence-corrected chi connectivity index (χ0v) is 11.2. The number of benzene rings is 1. The Morgan fingerprint density at radius 3 is 3.06 bits per heavy atom. The Labute approximate surface area is 104 Å². The normalized spacial score (nSPS) is 12.0. The molecule has 0 N–H and O–H groups in total. The molecular formula is C11H11ClO2PS+. The second-order valence-electron chi connectivity index (χ2n) is 3.31. The predicted octanol–water partition coefficient (Wildman–Crippen LogP) is 4.83. The summed E-state index contributed by atoms with van der Waals surface area (Å²) in [6.07, 6.45) is 0.462. The van der Waals surface area contributed by atoms with Gasteiger partial charge in [0.1, 0.15) is 0 Å². The number of rotatable bonds is 4. The average molecular weight is 274 g/mol. The predicted molar refractivity (Wildman–Crippen MR) is 69.8 cm³/mol. The summed E-state index contributed by atoms with van der Waals surface area (Å²) in [5.41, 5.74) is 1.05. The molecule has 2 nitrogen and oxygen atoms in total. The van der Waals surface area contributed by atoms with Crippen LogP contribution >= 0.6 is 31.0 Å². The van der Waals surface area contributed by atoms with E-state index in [0.717, 1.165) is 10.9 Å². The Hall–Kier alpha value is -0.470. The zero-order chi connectivity index (χ0) is 11.5. The molecule has 84 valence electrons. The van der Waals surface area contributed by atoms with E-state index in [1.54, 1.807) is 11.3 Å². The van der Waals surface area contributed by atoms with Crippen LogP contribution in [0.3, 0.4) is 0 Å². The maximum atomic E-state index is 11.5. The summed E-state index contributed by atoms with van der Waals surface area (Å²) < 4.78 is 17.8. The van der Waals surface area contributed by atoms with Crippen LogP contribution in [0.5, 0.6) is 0 Å². The van der Waals surface area contributed by atoms with Gasteiger partial charge in [0.15, 0.2) is 0 Å². The van der Waals surface area contributed by atoms with E-state index in [9.17, 15) is 4.57 Å². The third-order valence-corrected chi connectivity index (χ3v) is 4.58. The molecule has 0 saturated carbocycles. The molecule has 1 heterocycles. The molecule has 1 atom stereocenters. The third kappa shape index (κ3) is 2.61. The highest BCUT2D eigenvalue weighted by atomic mass is 35.5. The Bertz CT molecular complexity index is 524. The van der Waals surface area contributed by atoms with Gasteiger partial charge in [-0.3, -0.25) is 0 Å². The van der Waals surface area contributed by atoms with Crippen LogP contribution < -0.4 is 0 Å². The first-order chi connectivity index (χ1) is 7.70. The van der Waals surface area contributed by atoms with Gasteiger partial charge >= 0.3 is 8.03 Å². The van der Waals surface area contributed by atoms with Crippen molar-refractivity contribution in [3.8, 4) is 0 Å². The summed E-state index contributed by atoms with van der Waals surface area (Å²) in [6.45, 7) is 2.33. The lowest BCUT2D eigenvalue weighted by atomic mass is 10.2. The molecule has 1 aromatic carbocycles. The number of thiophene rings is 1. The topological polar surface area (TPSA) is 26.3 Å². The zero-order valence-electron chi connectivity index (χ0n) is 8.77. The minimum absolute atomic E-state index is 0.462. The summed E-state index contributed by atoms with van der Waals surface area (Å²) in [4.78, 5) is 0. The molecule has 5 heteroatoms. The highest BCUT2D eigenvalue weighted by Crippen LogP contribution is 2.35. The summed E-state index contributed by atoms with van der Waals surface area (Å²) in [7, 11) is -1.60. The SMILES string of the molecule is CCO[P+](=O)Cc1csc2ccc(Cl)cc12. The van der Waals surface area contributed by atoms with Gasteiger partial charge < -0.3 is 0 Å². The second kappa shape index (κ2) is 5.24. The summed E-state index contributed by atoms with van der Waals surface area (Å²) in [6, 6.07) is 5.77. The van der Waals surface area contributed by atoms with Crippen LogP contribution in [0.25, 0.3) is 10.1 Å². The van der Waals surface area contributed by atoms with Crippen LogP contribution in [-0.4, -0.2) is 6.61 Å². The van der Waals surface area contributed by atoms with E-state index in [2.05, 4.69) is 0 Å². The summed E-state index contributed by atoms with van der Waals surface area (Å²) in [5.74, 6) is 0. The van der Waals surface area contributed by atoms with Gasteiger partial charge in [-0.05, 0) is 35.1 Å². The number of hydrogen-bond acceptors (Lipinski definition) is 3. The van der Waals surface area contributed by atoms with Gasteiger partial charge in [0.2, 0.25) is 6.16 Å². The van der Waals surface area contributed by atoms with Gasteiger partial charge in [0, 0.05) is 20.7 Å². The molecular weight excluding hydrogens is 263 g/mol. The molecule has 1 aromatic heterocycles. The van der Waals surface area contributed by atoms with E-state index in [-0.39, 0.29) is 0 Å². The van der Waals surface area contributed by atoms with E-state index >= 15 is 0 Å². The molecule has 2 rings (SSSR count). The fourth-order valence-corrected chi connectivity index (χ4v) is 3.66. The fraction of sp³-hybridized carbons (Fsp3) is 0.273. The van der Waals surface area contributed by atoms with Gasteiger partial charge in [-0.1, -0.05) is 11.6 Å². The fourth-order valence-electron chi connectivity index (χ4n) is 1.51. The van der Waals surface area contributed by atoms with Crippen LogP contribution in [0, 0.1) is 0 Å². The quantitative estimate of drug-likeness (QED) is 0.746. The van der Waals surface area contributed by atoms with E-state index < -0.39 is 8.03 Å². The first kappa shape index (κ1) is 12.0. The minimum Gasteiger partial charge on any atom is -0.146 e. The van der Waals surface area contributed by atoms with Crippen molar-refractivity contribution in [1.82, 2.24) is 0 Å². The Balaban J connectivity index is 2.30. The minimum atomic E-state index is -1.60. The van der Waals surface area contributed by atoms with E-state index in [1.807, 2.05) is 30.5 Å². The third-order valence-electron chi connectivity index (χ3n) is 2.19. The Morgan fingerprint density at radius 1 is 1.50 bits per heavy atom. The highest BCUT2D eigenvalue weighted by Gasteiger charge is 2.20. The van der Waals surface area contributed by atoms with Gasteiger partial charge in [-0.2, -0.15) is 0 Å².